The number of rotatable bonds is 2. The molecule has 1 nitrogen and oxygen atoms in total. The van der Waals surface area contributed by atoms with E-state index in [1.807, 2.05) is 0 Å². The number of aryl methyl sites for hydroxylation is 1. The van der Waals surface area contributed by atoms with E-state index >= 15 is 0 Å². The Morgan fingerprint density at radius 2 is 1.92 bits per heavy atom. The van der Waals surface area contributed by atoms with Gasteiger partial charge in [0, 0.05) is 12.5 Å². The summed E-state index contributed by atoms with van der Waals surface area (Å²) in [5.74, 6) is -3.11. The molecule has 0 atom stereocenters. The van der Waals surface area contributed by atoms with Crippen LogP contribution < -0.4 is 0 Å². The van der Waals surface area contributed by atoms with Gasteiger partial charge in [0.2, 0.25) is 0 Å². The van der Waals surface area contributed by atoms with Gasteiger partial charge in [0.05, 0.1) is 6.07 Å². The van der Waals surface area contributed by atoms with Crippen LogP contribution in [0.25, 0.3) is 0 Å². The lowest BCUT2D eigenvalue weighted by Crippen LogP contribution is -1.96. The lowest BCUT2D eigenvalue weighted by Gasteiger charge is -2.01. The zero-order valence-electron chi connectivity index (χ0n) is 6.65. The third kappa shape index (κ3) is 2.22. The standard InChI is InChI=1S/C9H6F3N/c10-7-4-6(2-1-3-13)9(12)8(11)5-7/h4-5H,1-2H2. The molecule has 0 unspecified atom stereocenters. The molecule has 0 heterocycles. The molecule has 0 aliphatic heterocycles. The minimum atomic E-state index is -1.21. The molecule has 1 aromatic carbocycles. The van der Waals surface area contributed by atoms with E-state index in [0.717, 1.165) is 6.07 Å². The van der Waals surface area contributed by atoms with Gasteiger partial charge in [0.15, 0.2) is 11.6 Å². The first-order valence-electron chi connectivity index (χ1n) is 3.65. The average molecular weight is 185 g/mol. The number of halogens is 3. The fourth-order valence-electron chi connectivity index (χ4n) is 0.982. The molecule has 0 N–H and O–H groups in total. The van der Waals surface area contributed by atoms with Gasteiger partial charge < -0.3 is 0 Å². The first-order chi connectivity index (χ1) is 6.15. The van der Waals surface area contributed by atoms with Gasteiger partial charge >= 0.3 is 0 Å². The highest BCUT2D eigenvalue weighted by Gasteiger charge is 2.09. The largest absolute Gasteiger partial charge is 0.207 e. The quantitative estimate of drug-likeness (QED) is 0.649. The lowest BCUT2D eigenvalue weighted by atomic mass is 10.1. The van der Waals surface area contributed by atoms with E-state index in [9.17, 15) is 13.2 Å². The predicted molar refractivity (Wildman–Crippen MR) is 40.3 cm³/mol. The minimum Gasteiger partial charge on any atom is -0.207 e. The monoisotopic (exact) mass is 185 g/mol. The van der Waals surface area contributed by atoms with E-state index in [1.54, 1.807) is 6.07 Å². The maximum atomic E-state index is 12.9. The molecule has 68 valence electrons. The molecule has 0 radical (unpaired) electrons. The van der Waals surface area contributed by atoms with Crippen LogP contribution in [0, 0.1) is 28.8 Å². The number of nitrogens with zero attached hydrogens (tertiary/aromatic N) is 1. The van der Waals surface area contributed by atoms with Gasteiger partial charge in [-0.15, -0.1) is 0 Å². The molecule has 13 heavy (non-hydrogen) atoms. The SMILES string of the molecule is N#CCCc1cc(F)cc(F)c1F. The van der Waals surface area contributed by atoms with E-state index in [0.29, 0.717) is 6.07 Å². The summed E-state index contributed by atoms with van der Waals surface area (Å²) in [7, 11) is 0. The van der Waals surface area contributed by atoms with E-state index < -0.39 is 17.5 Å². The predicted octanol–water partition coefficient (Wildman–Crippen LogP) is 2.56. The maximum Gasteiger partial charge on any atom is 0.162 e. The maximum absolute atomic E-state index is 12.9. The zero-order chi connectivity index (χ0) is 9.84. The highest BCUT2D eigenvalue weighted by molar-refractivity contribution is 5.20. The molecular weight excluding hydrogens is 179 g/mol. The van der Waals surface area contributed by atoms with Gasteiger partial charge in [0.25, 0.3) is 0 Å². The Morgan fingerprint density at radius 1 is 1.23 bits per heavy atom. The van der Waals surface area contributed by atoms with Crippen LogP contribution in [0.4, 0.5) is 13.2 Å². The molecule has 0 bridgehead atoms. The van der Waals surface area contributed by atoms with Crippen molar-refractivity contribution in [3.05, 3.63) is 35.1 Å². The summed E-state index contributed by atoms with van der Waals surface area (Å²) in [6.45, 7) is 0. The Bertz CT molecular complexity index is 355. The van der Waals surface area contributed by atoms with Crippen LogP contribution >= 0.6 is 0 Å². The number of hydrogen-bond acceptors (Lipinski definition) is 1. The molecule has 0 fully saturated rings. The molecule has 1 aromatic rings. The van der Waals surface area contributed by atoms with Crippen LogP contribution in [-0.2, 0) is 6.42 Å². The third-order valence-electron chi connectivity index (χ3n) is 1.57. The van der Waals surface area contributed by atoms with Crippen molar-refractivity contribution in [2.24, 2.45) is 0 Å². The van der Waals surface area contributed by atoms with Crippen molar-refractivity contribution in [3.8, 4) is 6.07 Å². The summed E-state index contributed by atoms with van der Waals surface area (Å²) in [6.07, 6.45) is 0.0663. The second kappa shape index (κ2) is 3.94. The third-order valence-corrected chi connectivity index (χ3v) is 1.57. The first kappa shape index (κ1) is 9.59. The van der Waals surface area contributed by atoms with Gasteiger partial charge in [-0.3, -0.25) is 0 Å². The van der Waals surface area contributed by atoms with Crippen molar-refractivity contribution < 1.29 is 13.2 Å². The number of benzene rings is 1. The zero-order valence-corrected chi connectivity index (χ0v) is 6.65. The number of nitriles is 1. The molecule has 0 saturated heterocycles. The van der Waals surface area contributed by atoms with Crippen molar-refractivity contribution in [3.63, 3.8) is 0 Å². The average Bonchev–Trinajstić information content (AvgIpc) is 2.09. The molecule has 1 rings (SSSR count). The van der Waals surface area contributed by atoms with Crippen LogP contribution in [0.5, 0.6) is 0 Å². The van der Waals surface area contributed by atoms with Crippen molar-refractivity contribution >= 4 is 0 Å². The van der Waals surface area contributed by atoms with Crippen LogP contribution in [0.2, 0.25) is 0 Å². The lowest BCUT2D eigenvalue weighted by molar-refractivity contribution is 0.485. The Hall–Kier alpha value is -1.50. The fourth-order valence-corrected chi connectivity index (χ4v) is 0.982. The second-order valence-electron chi connectivity index (χ2n) is 2.52. The summed E-state index contributed by atoms with van der Waals surface area (Å²) in [5.41, 5.74) is -0.0981. The normalized spacial score (nSPS) is 9.69. The van der Waals surface area contributed by atoms with E-state index in [1.165, 1.54) is 0 Å². The van der Waals surface area contributed by atoms with E-state index in [2.05, 4.69) is 0 Å². The summed E-state index contributed by atoms with van der Waals surface area (Å²) in [4.78, 5) is 0. The summed E-state index contributed by atoms with van der Waals surface area (Å²) in [5, 5.41) is 8.20. The van der Waals surface area contributed by atoms with Crippen molar-refractivity contribution in [2.45, 2.75) is 12.8 Å². The topological polar surface area (TPSA) is 23.8 Å². The highest BCUT2D eigenvalue weighted by atomic mass is 19.2. The second-order valence-corrected chi connectivity index (χ2v) is 2.52. The molecule has 4 heteroatoms. The van der Waals surface area contributed by atoms with Crippen molar-refractivity contribution in [1.29, 1.82) is 5.26 Å². The Balaban J connectivity index is 3.00. The smallest absolute Gasteiger partial charge is 0.162 e. The first-order valence-corrected chi connectivity index (χ1v) is 3.65. The van der Waals surface area contributed by atoms with E-state index in [-0.39, 0.29) is 18.4 Å². The molecule has 0 aliphatic rings. The van der Waals surface area contributed by atoms with Crippen molar-refractivity contribution in [2.75, 3.05) is 0 Å². The number of hydrogen-bond donors (Lipinski definition) is 0. The van der Waals surface area contributed by atoms with E-state index in [4.69, 9.17) is 5.26 Å². The molecule has 0 aromatic heterocycles. The highest BCUT2D eigenvalue weighted by Crippen LogP contribution is 2.15. The Morgan fingerprint density at radius 3 is 2.54 bits per heavy atom. The fraction of sp³-hybridized carbons (Fsp3) is 0.222. The molecular formula is C9H6F3N. The molecule has 0 aliphatic carbocycles. The van der Waals surface area contributed by atoms with Crippen LogP contribution in [0.15, 0.2) is 12.1 Å². The van der Waals surface area contributed by atoms with Crippen LogP contribution in [0.3, 0.4) is 0 Å². The molecule has 0 spiro atoms. The van der Waals surface area contributed by atoms with Gasteiger partial charge in [-0.1, -0.05) is 0 Å². The van der Waals surface area contributed by atoms with Crippen LogP contribution in [0.1, 0.15) is 12.0 Å². The van der Waals surface area contributed by atoms with Crippen LogP contribution in [-0.4, -0.2) is 0 Å². The molecule has 0 amide bonds. The summed E-state index contributed by atoms with van der Waals surface area (Å²) >= 11 is 0. The van der Waals surface area contributed by atoms with Gasteiger partial charge in [0.1, 0.15) is 5.82 Å². The summed E-state index contributed by atoms with van der Waals surface area (Å²) < 4.78 is 38.0. The van der Waals surface area contributed by atoms with Crippen molar-refractivity contribution in [1.82, 2.24) is 0 Å². The minimum absolute atomic E-state index is 0.0248. The van der Waals surface area contributed by atoms with Gasteiger partial charge in [-0.05, 0) is 18.1 Å². The van der Waals surface area contributed by atoms with Gasteiger partial charge in [-0.2, -0.15) is 5.26 Å². The Labute approximate surface area is 73.4 Å². The molecule has 0 saturated carbocycles. The summed E-state index contributed by atoms with van der Waals surface area (Å²) in [6, 6.07) is 3.15. The van der Waals surface area contributed by atoms with Gasteiger partial charge in [-0.25, -0.2) is 13.2 Å². The Kier molecular flexibility index (Phi) is 2.91.